The summed E-state index contributed by atoms with van der Waals surface area (Å²) in [6, 6.07) is 33.7. The van der Waals surface area contributed by atoms with E-state index in [-0.39, 0.29) is 0 Å². The highest BCUT2D eigenvalue weighted by Gasteiger charge is 2.14. The molecule has 2 aromatic carbocycles. The van der Waals surface area contributed by atoms with E-state index in [0.29, 0.717) is 11.2 Å². The van der Waals surface area contributed by atoms with Crippen molar-refractivity contribution in [2.45, 2.75) is 13.3 Å². The Labute approximate surface area is 276 Å². The zero-order valence-corrected chi connectivity index (χ0v) is 25.9. The number of nitriles is 1. The molecule has 6 heterocycles. The molecule has 8 aromatic rings. The number of anilines is 4. The average Bonchev–Trinajstić information content (AvgIpc) is 3.78. The third-order valence-corrected chi connectivity index (χ3v) is 7.54. The second kappa shape index (κ2) is 13.6. The van der Waals surface area contributed by atoms with Crippen molar-refractivity contribution in [3.8, 4) is 28.6 Å². The molecule has 0 aliphatic rings. The van der Waals surface area contributed by atoms with Crippen LogP contribution in [0.3, 0.4) is 0 Å². The van der Waals surface area contributed by atoms with Crippen LogP contribution in [0.15, 0.2) is 134 Å². The van der Waals surface area contributed by atoms with Gasteiger partial charge < -0.3 is 10.6 Å². The van der Waals surface area contributed by atoms with E-state index >= 15 is 0 Å². The molecule has 232 valence electrons. The molecule has 0 saturated heterocycles. The van der Waals surface area contributed by atoms with E-state index in [1.54, 1.807) is 29.3 Å². The Hall–Kier alpha value is -6.93. The van der Waals surface area contributed by atoms with Gasteiger partial charge in [-0.05, 0) is 30.7 Å². The summed E-state index contributed by atoms with van der Waals surface area (Å²) >= 11 is 0. The summed E-state index contributed by atoms with van der Waals surface area (Å²) in [6.07, 6.45) is 11.3. The highest BCUT2D eigenvalue weighted by molar-refractivity contribution is 5.72. The van der Waals surface area contributed by atoms with Gasteiger partial charge in [0.15, 0.2) is 11.3 Å². The summed E-state index contributed by atoms with van der Waals surface area (Å²) in [5.74, 6) is 1.60. The third-order valence-electron chi connectivity index (χ3n) is 7.54. The Morgan fingerprint density at radius 2 is 1.23 bits per heavy atom. The SMILES string of the molecule is CCc1cnn2c(Nc3cccnc3)cc(-c3ccccc3)nc12.N#Cc1cnn2c(Nc3ccncc3)cc(-c3ccccc3)nc12. The maximum Gasteiger partial charge on any atom is 0.175 e. The molecule has 0 aliphatic heterocycles. The molecule has 0 fully saturated rings. The highest BCUT2D eigenvalue weighted by Crippen LogP contribution is 2.27. The summed E-state index contributed by atoms with van der Waals surface area (Å²) in [5, 5.41) is 24.8. The van der Waals surface area contributed by atoms with E-state index in [9.17, 15) is 5.26 Å². The number of hydrogen-bond acceptors (Lipinski definition) is 9. The lowest BCUT2D eigenvalue weighted by Crippen LogP contribution is -2.03. The summed E-state index contributed by atoms with van der Waals surface area (Å²) < 4.78 is 3.48. The van der Waals surface area contributed by atoms with Gasteiger partial charge >= 0.3 is 0 Å². The van der Waals surface area contributed by atoms with Crippen LogP contribution in [0.1, 0.15) is 18.1 Å². The largest absolute Gasteiger partial charge is 0.340 e. The van der Waals surface area contributed by atoms with Crippen molar-refractivity contribution in [1.82, 2.24) is 39.2 Å². The normalized spacial score (nSPS) is 10.7. The molecular formula is C37H29N11. The molecule has 0 amide bonds. The van der Waals surface area contributed by atoms with Gasteiger partial charge in [0.05, 0.1) is 35.7 Å². The van der Waals surface area contributed by atoms with Crippen molar-refractivity contribution in [1.29, 1.82) is 5.26 Å². The van der Waals surface area contributed by atoms with Crippen LogP contribution in [-0.4, -0.2) is 39.2 Å². The lowest BCUT2D eigenvalue weighted by Gasteiger charge is -2.11. The van der Waals surface area contributed by atoms with Crippen molar-refractivity contribution in [3.05, 3.63) is 145 Å². The van der Waals surface area contributed by atoms with Crippen LogP contribution in [0.5, 0.6) is 0 Å². The van der Waals surface area contributed by atoms with Gasteiger partial charge in [0.25, 0.3) is 0 Å². The van der Waals surface area contributed by atoms with E-state index < -0.39 is 0 Å². The number of pyridine rings is 2. The van der Waals surface area contributed by atoms with Gasteiger partial charge in [-0.3, -0.25) is 9.97 Å². The first kappa shape index (κ1) is 29.8. The van der Waals surface area contributed by atoms with E-state index in [4.69, 9.17) is 4.98 Å². The summed E-state index contributed by atoms with van der Waals surface area (Å²) in [4.78, 5) is 17.6. The van der Waals surface area contributed by atoms with Crippen molar-refractivity contribution < 1.29 is 0 Å². The Kier molecular flexibility index (Phi) is 8.43. The number of fused-ring (bicyclic) bond motifs is 2. The Balaban J connectivity index is 0.000000152. The minimum Gasteiger partial charge on any atom is -0.340 e. The minimum absolute atomic E-state index is 0.436. The monoisotopic (exact) mass is 627 g/mol. The fourth-order valence-corrected chi connectivity index (χ4v) is 5.16. The van der Waals surface area contributed by atoms with Crippen LogP contribution >= 0.6 is 0 Å². The van der Waals surface area contributed by atoms with Crippen molar-refractivity contribution in [2.75, 3.05) is 10.6 Å². The first-order valence-electron chi connectivity index (χ1n) is 15.3. The topological polar surface area (TPSA) is 134 Å². The number of rotatable bonds is 7. The number of benzene rings is 2. The minimum atomic E-state index is 0.436. The zero-order valence-electron chi connectivity index (χ0n) is 25.9. The lowest BCUT2D eigenvalue weighted by molar-refractivity contribution is 0.948. The van der Waals surface area contributed by atoms with Crippen LogP contribution in [0, 0.1) is 11.3 Å². The molecule has 6 aromatic heterocycles. The van der Waals surface area contributed by atoms with Gasteiger partial charge in [-0.1, -0.05) is 67.6 Å². The maximum absolute atomic E-state index is 9.29. The molecule has 0 atom stereocenters. The third kappa shape index (κ3) is 6.27. The number of nitrogens with zero attached hydrogens (tertiary/aromatic N) is 9. The zero-order chi connectivity index (χ0) is 32.7. The second-order valence-corrected chi connectivity index (χ2v) is 10.7. The predicted molar refractivity (Wildman–Crippen MR) is 186 cm³/mol. The molecule has 0 radical (unpaired) electrons. The molecule has 48 heavy (non-hydrogen) atoms. The maximum atomic E-state index is 9.29. The van der Waals surface area contributed by atoms with Crippen LogP contribution in [0.4, 0.5) is 23.0 Å². The fourth-order valence-electron chi connectivity index (χ4n) is 5.16. The first-order valence-corrected chi connectivity index (χ1v) is 15.3. The van der Waals surface area contributed by atoms with E-state index in [0.717, 1.165) is 63.2 Å². The van der Waals surface area contributed by atoms with E-state index in [1.807, 2.05) is 95.6 Å². The molecule has 0 aliphatic carbocycles. The van der Waals surface area contributed by atoms with Crippen molar-refractivity contribution in [3.63, 3.8) is 0 Å². The van der Waals surface area contributed by atoms with Gasteiger partial charge in [0.2, 0.25) is 0 Å². The molecule has 8 rings (SSSR count). The molecule has 0 spiro atoms. The van der Waals surface area contributed by atoms with E-state index in [1.165, 1.54) is 6.20 Å². The molecule has 0 bridgehead atoms. The van der Waals surface area contributed by atoms with Crippen LogP contribution in [0.2, 0.25) is 0 Å². The predicted octanol–water partition coefficient (Wildman–Crippen LogP) is 7.50. The van der Waals surface area contributed by atoms with Gasteiger partial charge in [-0.2, -0.15) is 24.5 Å². The van der Waals surface area contributed by atoms with Gasteiger partial charge in [-0.25, -0.2) is 9.97 Å². The van der Waals surface area contributed by atoms with Crippen molar-refractivity contribution >= 4 is 34.3 Å². The Morgan fingerprint density at radius 1 is 0.625 bits per heavy atom. The summed E-state index contributed by atoms with van der Waals surface area (Å²) in [6.45, 7) is 2.11. The van der Waals surface area contributed by atoms with Crippen LogP contribution < -0.4 is 10.6 Å². The van der Waals surface area contributed by atoms with Crippen LogP contribution in [0.25, 0.3) is 33.8 Å². The first-order chi connectivity index (χ1) is 23.7. The smallest absolute Gasteiger partial charge is 0.175 e. The molecular weight excluding hydrogens is 598 g/mol. The highest BCUT2D eigenvalue weighted by atomic mass is 15.3. The van der Waals surface area contributed by atoms with Gasteiger partial charge in [-0.15, -0.1) is 0 Å². The van der Waals surface area contributed by atoms with Crippen molar-refractivity contribution in [2.24, 2.45) is 0 Å². The standard InChI is InChI=1S/C19H17N5.C18H12N6/c1-2-14-12-21-24-18(22-16-9-6-10-20-13-16)11-17(23-19(14)24)15-7-4-3-5-8-15;19-11-14-12-21-24-17(22-15-6-8-20-9-7-15)10-16(23-18(14)24)13-4-2-1-3-5-13/h3-13,22H,2H2,1H3;1-10,12H,(H,20,22). The Bertz CT molecular complexity index is 2330. The van der Waals surface area contributed by atoms with Gasteiger partial charge in [0, 0.05) is 53.1 Å². The molecule has 0 unspecified atom stereocenters. The lowest BCUT2D eigenvalue weighted by atomic mass is 10.1. The molecule has 11 nitrogen and oxygen atoms in total. The summed E-state index contributed by atoms with van der Waals surface area (Å²) in [5.41, 5.74) is 8.51. The average molecular weight is 628 g/mol. The van der Waals surface area contributed by atoms with Gasteiger partial charge in [0.1, 0.15) is 23.3 Å². The summed E-state index contributed by atoms with van der Waals surface area (Å²) in [7, 11) is 0. The number of aryl methyl sites for hydroxylation is 1. The Morgan fingerprint density at radius 3 is 1.83 bits per heavy atom. The molecule has 0 saturated carbocycles. The number of hydrogen-bond donors (Lipinski definition) is 2. The fraction of sp³-hybridized carbons (Fsp3) is 0.0541. The second-order valence-electron chi connectivity index (χ2n) is 10.7. The molecule has 2 N–H and O–H groups in total. The number of aromatic nitrogens is 8. The quantitative estimate of drug-likeness (QED) is 0.184. The number of nitrogens with one attached hydrogen (secondary N) is 2. The molecule has 11 heteroatoms. The van der Waals surface area contributed by atoms with E-state index in [2.05, 4.69) is 60.9 Å². The van der Waals surface area contributed by atoms with Crippen LogP contribution in [-0.2, 0) is 6.42 Å².